The highest BCUT2D eigenvalue weighted by atomic mass is 16.2. The van der Waals surface area contributed by atoms with Crippen LogP contribution in [-0.2, 0) is 0 Å². The van der Waals surface area contributed by atoms with Crippen molar-refractivity contribution in [1.29, 1.82) is 0 Å². The number of para-hydroxylation sites is 4. The van der Waals surface area contributed by atoms with Crippen LogP contribution >= 0.6 is 0 Å². The minimum Gasteiger partial charge on any atom is -0.295 e. The van der Waals surface area contributed by atoms with E-state index in [1.807, 2.05) is 72.8 Å². The summed E-state index contributed by atoms with van der Waals surface area (Å²) in [7, 11) is 0. The first kappa shape index (κ1) is 34.0. The van der Waals surface area contributed by atoms with E-state index in [9.17, 15) is 19.2 Å². The summed E-state index contributed by atoms with van der Waals surface area (Å²) in [5.41, 5.74) is 3.67. The average Bonchev–Trinajstić information content (AvgIpc) is 3.87. The van der Waals surface area contributed by atoms with Crippen LogP contribution in [0.1, 0.15) is 56.9 Å². The molecular weight excluding hydrogens is 681 g/mol. The molecule has 8 rings (SSSR count). The summed E-state index contributed by atoms with van der Waals surface area (Å²) < 4.78 is 5.74. The molecule has 54 heavy (non-hydrogen) atoms. The molecule has 4 aromatic heterocycles. The van der Waals surface area contributed by atoms with E-state index in [0.717, 1.165) is 0 Å². The quantitative estimate of drug-likeness (QED) is 0.149. The molecule has 12 heteroatoms. The summed E-state index contributed by atoms with van der Waals surface area (Å²) in [5, 5.41) is 13.0. The number of hydrogen-bond acceptors (Lipinski definition) is 4. The second-order valence-electron chi connectivity index (χ2n) is 13.5. The normalized spacial score (nSPS) is 11.6. The highest BCUT2D eigenvalue weighted by Crippen LogP contribution is 2.43. The standard InChI is InChI=1S/C42H38N8O4/c1-25-33(39(51)47(43-25)29-17-9-5-10-18-29)37(34-26(2)44-48(40(34)52)30-19-11-6-12-20-30)38(35-27(3)45-49(41(35)53)31-21-13-7-14-22-31)36-28(4)46-50(42(36)54)32-23-15-8-16-24-32/h5-24,37-38,43-46H,1-4H3. The van der Waals surface area contributed by atoms with Crippen molar-refractivity contribution >= 4 is 0 Å². The predicted molar refractivity (Wildman–Crippen MR) is 208 cm³/mol. The van der Waals surface area contributed by atoms with E-state index in [-0.39, 0.29) is 22.3 Å². The molecule has 0 amide bonds. The van der Waals surface area contributed by atoms with Crippen molar-refractivity contribution in [2.45, 2.75) is 39.5 Å². The Kier molecular flexibility index (Phi) is 8.49. The number of aromatic nitrogens is 8. The van der Waals surface area contributed by atoms with Gasteiger partial charge < -0.3 is 0 Å². The second-order valence-corrected chi connectivity index (χ2v) is 13.5. The van der Waals surface area contributed by atoms with Crippen LogP contribution in [0.15, 0.2) is 141 Å². The van der Waals surface area contributed by atoms with Crippen LogP contribution in [0.25, 0.3) is 22.7 Å². The van der Waals surface area contributed by atoms with Gasteiger partial charge in [-0.2, -0.15) is 0 Å². The molecule has 0 unspecified atom stereocenters. The minimum absolute atomic E-state index is 0.251. The first-order valence-electron chi connectivity index (χ1n) is 17.6. The zero-order chi connectivity index (χ0) is 37.7. The lowest BCUT2D eigenvalue weighted by atomic mass is 9.73. The van der Waals surface area contributed by atoms with Crippen molar-refractivity contribution in [3.8, 4) is 22.7 Å². The molecule has 0 atom stereocenters. The molecule has 0 saturated heterocycles. The summed E-state index contributed by atoms with van der Waals surface area (Å²) in [6, 6.07) is 36.5. The lowest BCUT2D eigenvalue weighted by molar-refractivity contribution is 0.661. The fourth-order valence-electron chi connectivity index (χ4n) is 7.69. The Hall–Kier alpha value is -7.08. The van der Waals surface area contributed by atoms with Crippen molar-refractivity contribution in [2.24, 2.45) is 0 Å². The van der Waals surface area contributed by atoms with E-state index < -0.39 is 34.1 Å². The molecule has 4 aromatic carbocycles. The fraction of sp³-hybridized carbons (Fsp3) is 0.143. The molecule has 0 bridgehead atoms. The van der Waals surface area contributed by atoms with Gasteiger partial charge in [0.25, 0.3) is 22.2 Å². The van der Waals surface area contributed by atoms with Gasteiger partial charge in [-0.3, -0.25) is 39.6 Å². The summed E-state index contributed by atoms with van der Waals surface area (Å²) in [6.07, 6.45) is 0. The van der Waals surface area contributed by atoms with Crippen LogP contribution in [0.3, 0.4) is 0 Å². The maximum atomic E-state index is 14.9. The predicted octanol–water partition coefficient (Wildman–Crippen LogP) is 5.80. The summed E-state index contributed by atoms with van der Waals surface area (Å²) >= 11 is 0. The number of hydrogen-bond donors (Lipinski definition) is 4. The van der Waals surface area contributed by atoms with Crippen LogP contribution in [0.5, 0.6) is 0 Å². The van der Waals surface area contributed by atoms with Gasteiger partial charge in [-0.15, -0.1) is 0 Å². The van der Waals surface area contributed by atoms with E-state index in [1.165, 1.54) is 18.7 Å². The topological polar surface area (TPSA) is 151 Å². The van der Waals surface area contributed by atoms with E-state index >= 15 is 0 Å². The summed E-state index contributed by atoms with van der Waals surface area (Å²) in [5.74, 6) is -2.24. The first-order valence-corrected chi connectivity index (χ1v) is 17.6. The van der Waals surface area contributed by atoms with Crippen molar-refractivity contribution in [3.63, 3.8) is 0 Å². The molecule has 0 radical (unpaired) electrons. The van der Waals surface area contributed by atoms with Gasteiger partial charge in [0.2, 0.25) is 0 Å². The number of nitrogens with one attached hydrogen (secondary N) is 4. The maximum Gasteiger partial charge on any atom is 0.275 e. The third kappa shape index (κ3) is 5.55. The lowest BCUT2D eigenvalue weighted by Gasteiger charge is -2.25. The molecule has 0 spiro atoms. The largest absolute Gasteiger partial charge is 0.295 e. The van der Waals surface area contributed by atoms with Crippen LogP contribution in [0.2, 0.25) is 0 Å². The monoisotopic (exact) mass is 718 g/mol. The van der Waals surface area contributed by atoms with E-state index in [1.54, 1.807) is 76.2 Å². The average molecular weight is 719 g/mol. The van der Waals surface area contributed by atoms with Gasteiger partial charge in [-0.1, -0.05) is 72.8 Å². The van der Waals surface area contributed by atoms with Crippen molar-refractivity contribution < 1.29 is 0 Å². The van der Waals surface area contributed by atoms with Gasteiger partial charge in [0, 0.05) is 56.9 Å². The second kappa shape index (κ2) is 13.5. The minimum atomic E-state index is -1.12. The van der Waals surface area contributed by atoms with Crippen molar-refractivity contribution in [2.75, 3.05) is 0 Å². The molecule has 4 heterocycles. The zero-order valence-corrected chi connectivity index (χ0v) is 30.1. The molecule has 12 nitrogen and oxygen atoms in total. The highest BCUT2D eigenvalue weighted by molar-refractivity contribution is 5.50. The number of nitrogens with zero attached hydrogens (tertiary/aromatic N) is 4. The van der Waals surface area contributed by atoms with Gasteiger partial charge in [-0.25, -0.2) is 18.7 Å². The van der Waals surface area contributed by atoms with Crippen molar-refractivity contribution in [1.82, 2.24) is 39.1 Å². The lowest BCUT2D eigenvalue weighted by Crippen LogP contribution is -2.33. The molecular formula is C42H38N8O4. The van der Waals surface area contributed by atoms with Crippen molar-refractivity contribution in [3.05, 3.63) is 208 Å². The number of rotatable bonds is 9. The SMILES string of the molecule is Cc1[nH]n(-c2ccccc2)c(=O)c1C(c1c(C)[nH]n(-c2ccccc2)c1=O)C(c1c(C)[nH]n(-c2ccccc2)c1=O)c1c(C)[nH]n(-c2ccccc2)c1=O. The molecule has 4 N–H and O–H groups in total. The van der Waals surface area contributed by atoms with E-state index in [0.29, 0.717) is 45.5 Å². The zero-order valence-electron chi connectivity index (χ0n) is 30.1. The molecule has 8 aromatic rings. The Bertz CT molecular complexity index is 2460. The van der Waals surface area contributed by atoms with Gasteiger partial charge in [0.05, 0.1) is 22.7 Å². The fourth-order valence-corrected chi connectivity index (χ4v) is 7.69. The Morgan fingerprint density at radius 1 is 0.333 bits per heavy atom. The summed E-state index contributed by atoms with van der Waals surface area (Å²) in [6.45, 7) is 7.10. The molecule has 0 saturated carbocycles. The third-order valence-corrected chi connectivity index (χ3v) is 10.1. The Morgan fingerprint density at radius 3 is 0.704 bits per heavy atom. The molecule has 0 aliphatic rings. The summed E-state index contributed by atoms with van der Waals surface area (Å²) in [4.78, 5) is 59.6. The Balaban J connectivity index is 1.50. The number of H-pyrrole nitrogens is 4. The molecule has 0 aliphatic carbocycles. The van der Waals surface area contributed by atoms with Crippen LogP contribution < -0.4 is 22.2 Å². The van der Waals surface area contributed by atoms with E-state index in [4.69, 9.17) is 0 Å². The van der Waals surface area contributed by atoms with Gasteiger partial charge in [0.15, 0.2) is 0 Å². The number of benzene rings is 4. The molecule has 0 fully saturated rings. The van der Waals surface area contributed by atoms with Crippen LogP contribution in [0, 0.1) is 27.7 Å². The van der Waals surface area contributed by atoms with Gasteiger partial charge in [-0.05, 0) is 76.2 Å². The van der Waals surface area contributed by atoms with Crippen LogP contribution in [0.4, 0.5) is 0 Å². The first-order chi connectivity index (χ1) is 26.2. The Morgan fingerprint density at radius 2 is 0.519 bits per heavy atom. The van der Waals surface area contributed by atoms with Gasteiger partial charge in [0.1, 0.15) is 0 Å². The molecule has 0 aliphatic heterocycles. The smallest absolute Gasteiger partial charge is 0.275 e. The number of aromatic amines is 4. The van der Waals surface area contributed by atoms with E-state index in [2.05, 4.69) is 20.4 Å². The maximum absolute atomic E-state index is 14.9. The highest BCUT2D eigenvalue weighted by Gasteiger charge is 2.42. The van der Waals surface area contributed by atoms with Gasteiger partial charge >= 0.3 is 0 Å². The third-order valence-electron chi connectivity index (χ3n) is 10.1. The Labute approximate surface area is 308 Å². The van der Waals surface area contributed by atoms with Crippen LogP contribution in [-0.4, -0.2) is 39.1 Å². The molecule has 270 valence electrons. The number of aryl methyl sites for hydroxylation is 4.